The van der Waals surface area contributed by atoms with Crippen LogP contribution in [0.15, 0.2) is 34.7 Å². The summed E-state index contributed by atoms with van der Waals surface area (Å²) in [7, 11) is 0. The Morgan fingerprint density at radius 3 is 2.67 bits per heavy atom. The molecule has 2 heterocycles. The van der Waals surface area contributed by atoms with Crippen LogP contribution >= 0.6 is 0 Å². The summed E-state index contributed by atoms with van der Waals surface area (Å²) in [5, 5.41) is 12.1. The number of aromatic nitrogens is 1. The Hall–Kier alpha value is -3.60. The van der Waals surface area contributed by atoms with Gasteiger partial charge in [-0.05, 0) is 62.4 Å². The van der Waals surface area contributed by atoms with Crippen molar-refractivity contribution in [2.75, 3.05) is 18.5 Å². The van der Waals surface area contributed by atoms with Gasteiger partial charge in [-0.2, -0.15) is 4.98 Å². The monoisotopic (exact) mass is 545 g/mol. The van der Waals surface area contributed by atoms with E-state index in [9.17, 15) is 18.4 Å². The molecule has 0 spiro atoms. The highest BCUT2D eigenvalue weighted by Crippen LogP contribution is 2.30. The van der Waals surface area contributed by atoms with Crippen molar-refractivity contribution in [1.82, 2.24) is 9.88 Å². The molecule has 8 nitrogen and oxygen atoms in total. The van der Waals surface area contributed by atoms with Crippen LogP contribution in [-0.2, 0) is 20.7 Å². The lowest BCUT2D eigenvalue weighted by molar-refractivity contribution is -0.144. The first-order valence-electron chi connectivity index (χ1n) is 13.1. The topological polar surface area (TPSA) is 105 Å². The number of benzene rings is 2. The van der Waals surface area contributed by atoms with Crippen molar-refractivity contribution in [2.24, 2.45) is 5.92 Å². The third-order valence-electron chi connectivity index (χ3n) is 7.58. The number of nitrogens with zero attached hydrogens (tertiary/aromatic N) is 2. The highest BCUT2D eigenvalue weighted by molar-refractivity contribution is 5.83. The van der Waals surface area contributed by atoms with Gasteiger partial charge < -0.3 is 24.5 Å². The average molecular weight is 546 g/mol. The predicted octanol–water partition coefficient (Wildman–Crippen LogP) is 5.30. The smallest absolute Gasteiger partial charge is 0.306 e. The van der Waals surface area contributed by atoms with Crippen LogP contribution in [0.1, 0.15) is 43.2 Å². The third-order valence-corrected chi connectivity index (χ3v) is 7.58. The Kier molecular flexibility index (Phi) is 7.79. The first-order chi connectivity index (χ1) is 18.7. The predicted molar refractivity (Wildman–Crippen MR) is 136 cm³/mol. The molecule has 1 amide bonds. The van der Waals surface area contributed by atoms with Gasteiger partial charge in [0.1, 0.15) is 17.5 Å². The van der Waals surface area contributed by atoms with Crippen LogP contribution < -0.4 is 5.32 Å². The average Bonchev–Trinajstić information content (AvgIpc) is 3.49. The fraction of sp³-hybridized carbons (Fsp3) is 0.464. The normalized spacial score (nSPS) is 23.3. The van der Waals surface area contributed by atoms with Gasteiger partial charge >= 0.3 is 5.97 Å². The second-order valence-electron chi connectivity index (χ2n) is 10.3. The number of likely N-dealkylation sites (tertiary alicyclic amines) is 1. The summed E-state index contributed by atoms with van der Waals surface area (Å²) in [6.45, 7) is 1.77. The molecule has 1 aromatic heterocycles. The third kappa shape index (κ3) is 6.03. The maximum Gasteiger partial charge on any atom is 0.306 e. The number of aryl methyl sites for hydroxylation is 1. The van der Waals surface area contributed by atoms with Gasteiger partial charge in [-0.25, -0.2) is 13.2 Å². The first-order valence-corrected chi connectivity index (χ1v) is 13.1. The number of alkyl halides is 1. The Morgan fingerprint density at radius 2 is 1.95 bits per heavy atom. The van der Waals surface area contributed by atoms with E-state index in [2.05, 4.69) is 10.3 Å². The Morgan fingerprint density at radius 1 is 1.18 bits per heavy atom. The summed E-state index contributed by atoms with van der Waals surface area (Å²) in [6.07, 6.45) is 0.812. The van der Waals surface area contributed by atoms with Crippen molar-refractivity contribution in [1.29, 1.82) is 0 Å². The molecule has 0 radical (unpaired) electrons. The Bertz CT molecular complexity index is 1370. The van der Waals surface area contributed by atoms with Crippen LogP contribution in [0.4, 0.5) is 24.9 Å². The van der Waals surface area contributed by atoms with E-state index in [1.54, 1.807) is 13.0 Å². The summed E-state index contributed by atoms with van der Waals surface area (Å²) in [6, 6.07) is 6.70. The number of carbonyl (C=O) groups is 2. The molecule has 0 bridgehead atoms. The lowest BCUT2D eigenvalue weighted by Gasteiger charge is -2.29. The van der Waals surface area contributed by atoms with E-state index in [1.165, 1.54) is 29.2 Å². The van der Waals surface area contributed by atoms with Crippen molar-refractivity contribution in [3.63, 3.8) is 0 Å². The number of anilines is 2. The molecule has 2 atom stereocenters. The van der Waals surface area contributed by atoms with Gasteiger partial charge in [-0.3, -0.25) is 9.59 Å². The minimum absolute atomic E-state index is 0.0245. The minimum Gasteiger partial charge on any atom is -0.481 e. The molecule has 5 rings (SSSR count). The largest absolute Gasteiger partial charge is 0.481 e. The number of carboxylic acid groups (broad SMARTS) is 1. The number of hydrogen-bond donors (Lipinski definition) is 2. The molecular formula is C28H30F3N3O5. The van der Waals surface area contributed by atoms with Crippen LogP contribution in [-0.4, -0.2) is 58.3 Å². The summed E-state index contributed by atoms with van der Waals surface area (Å²) in [5.74, 6) is -2.69. The van der Waals surface area contributed by atoms with Crippen molar-refractivity contribution < 1.29 is 37.0 Å². The number of rotatable bonds is 8. The van der Waals surface area contributed by atoms with Gasteiger partial charge in [0.25, 0.3) is 6.01 Å². The van der Waals surface area contributed by atoms with Crippen LogP contribution in [0.2, 0.25) is 0 Å². The molecule has 3 aromatic rings. The van der Waals surface area contributed by atoms with E-state index >= 15 is 4.39 Å². The van der Waals surface area contributed by atoms with Crippen molar-refractivity contribution >= 4 is 34.7 Å². The maximum absolute atomic E-state index is 15.3. The van der Waals surface area contributed by atoms with Crippen molar-refractivity contribution in [2.45, 2.75) is 63.8 Å². The fourth-order valence-corrected chi connectivity index (χ4v) is 5.38. The van der Waals surface area contributed by atoms with Gasteiger partial charge in [0.15, 0.2) is 11.4 Å². The molecule has 1 saturated heterocycles. The molecule has 2 aromatic carbocycles. The molecule has 11 heteroatoms. The number of carbonyl (C=O) groups excluding carboxylic acids is 1. The quantitative estimate of drug-likeness (QED) is 0.396. The summed E-state index contributed by atoms with van der Waals surface area (Å²) >= 11 is 0. The Balaban J connectivity index is 1.23. The second-order valence-corrected chi connectivity index (χ2v) is 10.3. The molecule has 2 fully saturated rings. The fourth-order valence-electron chi connectivity index (χ4n) is 5.38. The summed E-state index contributed by atoms with van der Waals surface area (Å²) in [4.78, 5) is 29.9. The summed E-state index contributed by atoms with van der Waals surface area (Å²) in [5.41, 5.74) is 1.40. The van der Waals surface area contributed by atoms with E-state index in [1.807, 2.05) is 0 Å². The van der Waals surface area contributed by atoms with E-state index < -0.39 is 29.9 Å². The number of aliphatic carboxylic acids is 1. The number of amides is 1. The number of fused-ring (bicyclic) bond motifs is 1. The van der Waals surface area contributed by atoms with E-state index in [-0.39, 0.29) is 66.5 Å². The first kappa shape index (κ1) is 27.0. The van der Waals surface area contributed by atoms with Gasteiger partial charge in [0.05, 0.1) is 37.6 Å². The molecule has 1 saturated carbocycles. The van der Waals surface area contributed by atoms with Crippen molar-refractivity contribution in [3.8, 4) is 0 Å². The molecule has 0 unspecified atom stereocenters. The van der Waals surface area contributed by atoms with Crippen LogP contribution in [0.5, 0.6) is 0 Å². The molecule has 1 aliphatic carbocycles. The maximum atomic E-state index is 15.3. The van der Waals surface area contributed by atoms with Gasteiger partial charge in [-0.1, -0.05) is 6.07 Å². The lowest BCUT2D eigenvalue weighted by atomic mass is 9.87. The number of carboxylic acids is 1. The molecule has 2 aliphatic rings. The van der Waals surface area contributed by atoms with Gasteiger partial charge in [0, 0.05) is 17.7 Å². The summed E-state index contributed by atoms with van der Waals surface area (Å²) < 4.78 is 54.5. The number of hydrogen-bond acceptors (Lipinski definition) is 6. The standard InChI is InChI=1S/C28H30F3N3O5/c1-15-10-18(29)5-9-22(15)32-28-33-23-8-4-17(25(31)26(23)39-28)11-24(35)34-13-19(30)12-20(34)14-38-21-6-2-16(3-7-21)27(36)37/h4-5,8-10,16,19-21H,2-3,6-7,11-14H2,1H3,(H,32,33)(H,36,37)/t16-,19-,20-,21-/m0/s1. The van der Waals surface area contributed by atoms with E-state index in [4.69, 9.17) is 14.3 Å². The minimum atomic E-state index is -1.20. The zero-order valence-electron chi connectivity index (χ0n) is 21.5. The number of halogens is 3. The van der Waals surface area contributed by atoms with Crippen molar-refractivity contribution in [3.05, 3.63) is 53.1 Å². The zero-order chi connectivity index (χ0) is 27.7. The van der Waals surface area contributed by atoms with Gasteiger partial charge in [0.2, 0.25) is 5.91 Å². The number of ether oxygens (including phenoxy) is 1. The molecule has 39 heavy (non-hydrogen) atoms. The molecular weight excluding hydrogens is 515 g/mol. The number of nitrogens with one attached hydrogen (secondary N) is 1. The molecule has 2 N–H and O–H groups in total. The number of oxazole rings is 1. The molecule has 1 aliphatic heterocycles. The van der Waals surface area contributed by atoms with E-state index in [0.717, 1.165) is 0 Å². The Labute approximate surface area is 223 Å². The highest BCUT2D eigenvalue weighted by Gasteiger charge is 2.37. The van der Waals surface area contributed by atoms with Crippen LogP contribution in [0, 0.1) is 24.5 Å². The highest BCUT2D eigenvalue weighted by atomic mass is 19.1. The lowest BCUT2D eigenvalue weighted by Crippen LogP contribution is -2.40. The van der Waals surface area contributed by atoms with Crippen LogP contribution in [0.25, 0.3) is 11.1 Å². The van der Waals surface area contributed by atoms with Crippen LogP contribution in [0.3, 0.4) is 0 Å². The SMILES string of the molecule is Cc1cc(F)ccc1Nc1nc2ccc(CC(=O)N3C[C@@H](F)C[C@H]3CO[C@H]3CC[C@H](C(=O)O)CC3)c(F)c2o1. The van der Waals surface area contributed by atoms with E-state index in [0.29, 0.717) is 36.9 Å². The second kappa shape index (κ2) is 11.3. The molecule has 208 valence electrons. The van der Waals surface area contributed by atoms with Gasteiger partial charge in [-0.15, -0.1) is 0 Å². The zero-order valence-corrected chi connectivity index (χ0v) is 21.5.